The highest BCUT2D eigenvalue weighted by Gasteiger charge is 2.34. The summed E-state index contributed by atoms with van der Waals surface area (Å²) in [5.74, 6) is 0.804. The molecular formula is C19H24N5O6PS. The molecule has 0 saturated carbocycles. The third-order valence-electron chi connectivity index (χ3n) is 4.96. The maximum Gasteiger partial charge on any atom is 0.356 e. The fourth-order valence-corrected chi connectivity index (χ4v) is 5.54. The van der Waals surface area contributed by atoms with Crippen LogP contribution in [0.4, 0.5) is 5.82 Å². The number of nitrogens with one attached hydrogen (secondary N) is 1. The molecule has 2 aromatic rings. The van der Waals surface area contributed by atoms with Gasteiger partial charge in [-0.25, -0.2) is 13.4 Å². The van der Waals surface area contributed by atoms with Gasteiger partial charge in [0.25, 0.3) is 0 Å². The zero-order valence-electron chi connectivity index (χ0n) is 17.4. The Morgan fingerprint density at radius 2 is 2.12 bits per heavy atom. The number of benzene rings is 1. The van der Waals surface area contributed by atoms with E-state index in [0.717, 1.165) is 11.8 Å². The van der Waals surface area contributed by atoms with Gasteiger partial charge in [0.1, 0.15) is 12.0 Å². The molecule has 0 aliphatic carbocycles. The Labute approximate surface area is 185 Å². The van der Waals surface area contributed by atoms with Crippen LogP contribution < -0.4 is 11.1 Å². The van der Waals surface area contributed by atoms with Gasteiger partial charge in [0, 0.05) is 19.2 Å². The lowest BCUT2D eigenvalue weighted by molar-refractivity contribution is 0.0562. The quantitative estimate of drug-likeness (QED) is 0.448. The Kier molecular flexibility index (Phi) is 6.24. The zero-order chi connectivity index (χ0) is 22.9. The molecule has 2 aliphatic heterocycles. The average Bonchev–Trinajstić information content (AvgIpc) is 3.14. The van der Waals surface area contributed by atoms with Crippen molar-refractivity contribution in [2.75, 3.05) is 25.8 Å². The van der Waals surface area contributed by atoms with Crippen LogP contribution in [-0.2, 0) is 34.7 Å². The third kappa shape index (κ3) is 4.94. The van der Waals surface area contributed by atoms with Crippen LogP contribution in [0.15, 0.2) is 47.1 Å². The average molecular weight is 481 g/mol. The van der Waals surface area contributed by atoms with Crippen LogP contribution in [0, 0.1) is 0 Å². The first-order chi connectivity index (χ1) is 15.1. The molecule has 1 aromatic carbocycles. The topological polar surface area (TPSA) is 147 Å². The van der Waals surface area contributed by atoms with E-state index in [1.807, 2.05) is 0 Å². The van der Waals surface area contributed by atoms with E-state index in [-0.39, 0.29) is 30.4 Å². The van der Waals surface area contributed by atoms with Crippen LogP contribution in [0.25, 0.3) is 5.70 Å². The van der Waals surface area contributed by atoms with Gasteiger partial charge in [0.05, 0.1) is 36.2 Å². The predicted octanol–water partition coefficient (Wildman–Crippen LogP) is 2.15. The molecule has 32 heavy (non-hydrogen) atoms. The van der Waals surface area contributed by atoms with Crippen molar-refractivity contribution in [2.24, 2.45) is 10.7 Å². The van der Waals surface area contributed by atoms with E-state index in [1.54, 1.807) is 23.0 Å². The van der Waals surface area contributed by atoms with Crippen molar-refractivity contribution in [3.63, 3.8) is 0 Å². The van der Waals surface area contributed by atoms with Crippen molar-refractivity contribution < 1.29 is 26.8 Å². The Morgan fingerprint density at radius 1 is 1.38 bits per heavy atom. The third-order valence-corrected chi connectivity index (χ3v) is 7.74. The monoisotopic (exact) mass is 481 g/mol. The fourth-order valence-electron chi connectivity index (χ4n) is 3.37. The summed E-state index contributed by atoms with van der Waals surface area (Å²) in [6.45, 7) is 4.73. The maximum atomic E-state index is 13.0. The summed E-state index contributed by atoms with van der Waals surface area (Å²) in [6, 6.07) is 6.34. The van der Waals surface area contributed by atoms with E-state index >= 15 is 0 Å². The number of nitrogens with two attached hydrogens (primary N) is 1. The minimum atomic E-state index is -3.47. The van der Waals surface area contributed by atoms with Crippen LogP contribution in [0.3, 0.4) is 0 Å². The molecule has 3 N–H and O–H groups in total. The molecule has 0 radical (unpaired) electrons. The van der Waals surface area contributed by atoms with Gasteiger partial charge in [-0.15, -0.1) is 0 Å². The number of rotatable bonds is 7. The molecule has 13 heteroatoms. The van der Waals surface area contributed by atoms with Crippen molar-refractivity contribution in [3.05, 3.63) is 48.4 Å². The fraction of sp³-hybridized carbons (Fsp3) is 0.368. The number of imidazole rings is 1. The van der Waals surface area contributed by atoms with E-state index < -0.39 is 23.5 Å². The first kappa shape index (κ1) is 22.7. The molecular weight excluding hydrogens is 457 g/mol. The van der Waals surface area contributed by atoms with Crippen LogP contribution in [0.5, 0.6) is 0 Å². The van der Waals surface area contributed by atoms with E-state index in [0.29, 0.717) is 30.2 Å². The van der Waals surface area contributed by atoms with E-state index in [2.05, 4.69) is 21.9 Å². The lowest BCUT2D eigenvalue weighted by Crippen LogP contribution is -2.32. The van der Waals surface area contributed by atoms with Crippen molar-refractivity contribution in [1.82, 2.24) is 14.9 Å². The Hall–Kier alpha value is -2.50. The number of nitrogens with zero attached hydrogens (tertiary/aromatic N) is 3. The first-order valence-corrected chi connectivity index (χ1v) is 13.4. The first-order valence-electron chi connectivity index (χ1n) is 9.80. The number of ether oxygens (including phenoxy) is 1. The van der Waals surface area contributed by atoms with Crippen molar-refractivity contribution in [3.8, 4) is 0 Å². The zero-order valence-corrected chi connectivity index (χ0v) is 19.1. The van der Waals surface area contributed by atoms with Gasteiger partial charge in [-0.2, -0.15) is 4.99 Å². The summed E-state index contributed by atoms with van der Waals surface area (Å²) in [4.78, 5) is 8.70. The molecule has 2 aliphatic rings. The second-order valence-corrected chi connectivity index (χ2v) is 11.4. The van der Waals surface area contributed by atoms with Crippen LogP contribution >= 0.6 is 7.60 Å². The molecule has 0 spiro atoms. The standard InChI is InChI=1S/C19H24N5O6PS/c1-13-17-18(23-19(20)22-13)24(11-21-17)8-10-28-12-31(25)29-9-7-16(30-31)14-3-5-15(6-4-14)32(2,26)27/h3-6,11,16H,1,7-10,12H2,2H3,(H3,20,22,23). The molecule has 1 fully saturated rings. The smallest absolute Gasteiger partial charge is 0.356 e. The Balaban J connectivity index is 1.33. The van der Waals surface area contributed by atoms with Crippen LogP contribution in [0.2, 0.25) is 0 Å². The molecule has 4 rings (SSSR count). The highest BCUT2D eigenvalue weighted by Crippen LogP contribution is 2.55. The van der Waals surface area contributed by atoms with Gasteiger partial charge in [0.2, 0.25) is 0 Å². The molecule has 11 nitrogen and oxygen atoms in total. The minimum absolute atomic E-state index is 0.207. The maximum absolute atomic E-state index is 13.0. The molecule has 0 bridgehead atoms. The number of guanidine groups is 1. The predicted molar refractivity (Wildman–Crippen MR) is 118 cm³/mol. The normalized spacial score (nSPS) is 23.3. The molecule has 1 aromatic heterocycles. The summed E-state index contributed by atoms with van der Waals surface area (Å²) >= 11 is 0. The lowest BCUT2D eigenvalue weighted by Gasteiger charge is -2.30. The summed E-state index contributed by atoms with van der Waals surface area (Å²) in [5, 5.41) is 2.82. The van der Waals surface area contributed by atoms with Gasteiger partial charge in [-0.1, -0.05) is 18.7 Å². The van der Waals surface area contributed by atoms with Crippen molar-refractivity contribution in [2.45, 2.75) is 24.0 Å². The van der Waals surface area contributed by atoms with Crippen molar-refractivity contribution in [1.29, 1.82) is 0 Å². The number of hydrogen-bond acceptors (Lipinski definition) is 10. The summed E-state index contributed by atoms with van der Waals surface area (Å²) in [6.07, 6.45) is 2.58. The Morgan fingerprint density at radius 3 is 2.84 bits per heavy atom. The van der Waals surface area contributed by atoms with E-state index in [9.17, 15) is 13.0 Å². The summed E-state index contributed by atoms with van der Waals surface area (Å²) in [7, 11) is -6.75. The summed E-state index contributed by atoms with van der Waals surface area (Å²) < 4.78 is 54.7. The van der Waals surface area contributed by atoms with E-state index in [1.165, 1.54) is 12.1 Å². The largest absolute Gasteiger partial charge is 0.369 e. The Bertz CT molecular complexity index is 1210. The second kappa shape index (κ2) is 8.80. The number of sulfone groups is 1. The van der Waals surface area contributed by atoms with Crippen molar-refractivity contribution >= 4 is 34.9 Å². The second-order valence-electron chi connectivity index (χ2n) is 7.42. The summed E-state index contributed by atoms with van der Waals surface area (Å²) in [5.41, 5.74) is 7.64. The molecule has 172 valence electrons. The molecule has 2 unspecified atom stereocenters. The minimum Gasteiger partial charge on any atom is -0.369 e. The van der Waals surface area contributed by atoms with Gasteiger partial charge in [0.15, 0.2) is 21.6 Å². The van der Waals surface area contributed by atoms with Gasteiger partial charge >= 0.3 is 7.60 Å². The highest BCUT2D eigenvalue weighted by atomic mass is 32.2. The van der Waals surface area contributed by atoms with Crippen LogP contribution in [0.1, 0.15) is 23.8 Å². The molecule has 1 saturated heterocycles. The molecule has 0 amide bonds. The number of fused-ring (bicyclic) bond motifs is 1. The van der Waals surface area contributed by atoms with Gasteiger partial charge in [-0.05, 0) is 17.7 Å². The molecule has 2 atom stereocenters. The van der Waals surface area contributed by atoms with E-state index in [4.69, 9.17) is 19.5 Å². The number of aromatic nitrogens is 2. The molecule has 3 heterocycles. The lowest BCUT2D eigenvalue weighted by atomic mass is 10.1. The SMILES string of the molecule is C=C1NC(N)=Nc2c1ncn2CCOCP1(=O)OCCC(c2ccc(S(C)(=O)=O)cc2)O1. The van der Waals surface area contributed by atoms with Crippen LogP contribution in [-0.4, -0.2) is 49.7 Å². The van der Waals surface area contributed by atoms with Gasteiger partial charge < -0.3 is 24.9 Å². The number of aliphatic imine (C=N–C) groups is 1. The number of hydrogen-bond donors (Lipinski definition) is 2. The highest BCUT2D eigenvalue weighted by molar-refractivity contribution is 7.90. The van der Waals surface area contributed by atoms with Gasteiger partial charge in [-0.3, -0.25) is 9.09 Å².